The number of nitrogens with zero attached hydrogens (tertiary/aromatic N) is 5. The second kappa shape index (κ2) is 9.09. The predicted octanol–water partition coefficient (Wildman–Crippen LogP) is 3.61. The fraction of sp³-hybridized carbons (Fsp3) is 0.240. The van der Waals surface area contributed by atoms with Gasteiger partial charge in [0.2, 0.25) is 0 Å². The van der Waals surface area contributed by atoms with Gasteiger partial charge in [-0.25, -0.2) is 4.39 Å². The second-order valence-corrected chi connectivity index (χ2v) is 8.39. The third kappa shape index (κ3) is 4.62. The summed E-state index contributed by atoms with van der Waals surface area (Å²) in [4.78, 5) is 17.5. The molecular formula is C25H25FN6O. The smallest absolute Gasteiger partial charge is 0.257 e. The highest BCUT2D eigenvalue weighted by molar-refractivity contribution is 6.04. The molecule has 5 rings (SSSR count). The van der Waals surface area contributed by atoms with Crippen molar-refractivity contribution < 1.29 is 9.18 Å². The maximum Gasteiger partial charge on any atom is 0.257 e. The lowest BCUT2D eigenvalue weighted by Gasteiger charge is -2.38. The van der Waals surface area contributed by atoms with Gasteiger partial charge in [-0.1, -0.05) is 36.4 Å². The van der Waals surface area contributed by atoms with Crippen LogP contribution in [0.15, 0.2) is 72.9 Å². The molecule has 0 radical (unpaired) electrons. The van der Waals surface area contributed by atoms with E-state index in [9.17, 15) is 9.18 Å². The zero-order chi connectivity index (χ0) is 22.8. The highest BCUT2D eigenvalue weighted by atomic mass is 19.1. The second-order valence-electron chi connectivity index (χ2n) is 8.39. The van der Waals surface area contributed by atoms with Crippen molar-refractivity contribution in [3.63, 3.8) is 0 Å². The van der Waals surface area contributed by atoms with Gasteiger partial charge < -0.3 is 5.32 Å². The summed E-state index contributed by atoms with van der Waals surface area (Å²) in [5, 5.41) is 11.5. The van der Waals surface area contributed by atoms with E-state index in [1.165, 1.54) is 17.7 Å². The number of hydrogen-bond acceptors (Lipinski definition) is 5. The largest absolute Gasteiger partial charge is 0.322 e. The molecule has 4 aromatic rings. The molecule has 0 bridgehead atoms. The molecule has 0 saturated carbocycles. The van der Waals surface area contributed by atoms with E-state index < -0.39 is 5.82 Å². The summed E-state index contributed by atoms with van der Waals surface area (Å²) in [5.74, 6) is 0.0836. The SMILES string of the molecule is CN1CCN(Cc2ccccc2)CC1c1nnc2ccc(C(=O)Nc3cccc(F)c3)cn12. The lowest BCUT2D eigenvalue weighted by molar-refractivity contribution is 0.0852. The third-order valence-electron chi connectivity index (χ3n) is 6.05. The van der Waals surface area contributed by atoms with E-state index in [1.807, 2.05) is 10.5 Å². The van der Waals surface area contributed by atoms with Crippen molar-refractivity contribution in [1.82, 2.24) is 24.4 Å². The molecule has 1 N–H and O–H groups in total. The van der Waals surface area contributed by atoms with Crippen LogP contribution in [-0.4, -0.2) is 57.0 Å². The van der Waals surface area contributed by atoms with Crippen LogP contribution in [-0.2, 0) is 6.54 Å². The van der Waals surface area contributed by atoms with Crippen LogP contribution < -0.4 is 5.32 Å². The topological polar surface area (TPSA) is 65.8 Å². The number of nitrogens with one attached hydrogen (secondary N) is 1. The number of benzene rings is 2. The van der Waals surface area contributed by atoms with Gasteiger partial charge in [0.05, 0.1) is 11.6 Å². The van der Waals surface area contributed by atoms with Crippen LogP contribution in [0.2, 0.25) is 0 Å². The van der Waals surface area contributed by atoms with Gasteiger partial charge in [-0.3, -0.25) is 19.0 Å². The lowest BCUT2D eigenvalue weighted by Crippen LogP contribution is -2.46. The van der Waals surface area contributed by atoms with Gasteiger partial charge in [0, 0.05) is 38.1 Å². The molecule has 1 fully saturated rings. The molecule has 2 aromatic heterocycles. The minimum absolute atomic E-state index is 0.0407. The summed E-state index contributed by atoms with van der Waals surface area (Å²) < 4.78 is 15.4. The number of pyridine rings is 1. The zero-order valence-corrected chi connectivity index (χ0v) is 18.4. The summed E-state index contributed by atoms with van der Waals surface area (Å²) in [6, 6.07) is 19.8. The molecule has 1 aliphatic rings. The number of piperazine rings is 1. The number of rotatable bonds is 5. The van der Waals surface area contributed by atoms with E-state index in [1.54, 1.807) is 30.5 Å². The van der Waals surface area contributed by atoms with E-state index in [0.717, 1.165) is 32.0 Å². The number of halogens is 1. The van der Waals surface area contributed by atoms with Gasteiger partial charge in [0.15, 0.2) is 11.5 Å². The Morgan fingerprint density at radius 1 is 1.06 bits per heavy atom. The molecule has 0 aliphatic carbocycles. The van der Waals surface area contributed by atoms with Crippen LogP contribution in [0.25, 0.3) is 5.65 Å². The molecule has 168 valence electrons. The molecule has 1 atom stereocenters. The molecule has 3 heterocycles. The van der Waals surface area contributed by atoms with Crippen LogP contribution in [0, 0.1) is 5.82 Å². The van der Waals surface area contributed by atoms with E-state index in [4.69, 9.17) is 0 Å². The fourth-order valence-electron chi connectivity index (χ4n) is 4.23. The summed E-state index contributed by atoms with van der Waals surface area (Å²) in [5.41, 5.74) is 2.82. The van der Waals surface area contributed by atoms with Crippen molar-refractivity contribution in [3.8, 4) is 0 Å². The number of anilines is 1. The van der Waals surface area contributed by atoms with Crippen molar-refractivity contribution in [2.75, 3.05) is 32.0 Å². The highest BCUT2D eigenvalue weighted by Crippen LogP contribution is 2.25. The Balaban J connectivity index is 1.39. The molecular weight excluding hydrogens is 419 g/mol. The summed E-state index contributed by atoms with van der Waals surface area (Å²) in [7, 11) is 2.09. The molecule has 33 heavy (non-hydrogen) atoms. The Morgan fingerprint density at radius 3 is 2.73 bits per heavy atom. The number of carbonyl (C=O) groups excluding carboxylic acids is 1. The molecule has 0 spiro atoms. The molecule has 1 aliphatic heterocycles. The number of hydrogen-bond donors (Lipinski definition) is 1. The zero-order valence-electron chi connectivity index (χ0n) is 18.4. The van der Waals surface area contributed by atoms with Gasteiger partial charge >= 0.3 is 0 Å². The first kappa shape index (κ1) is 21.2. The number of fused-ring (bicyclic) bond motifs is 1. The van der Waals surface area contributed by atoms with Crippen LogP contribution >= 0.6 is 0 Å². The molecule has 2 aromatic carbocycles. The van der Waals surface area contributed by atoms with Crippen LogP contribution in [0.3, 0.4) is 0 Å². The molecule has 8 heteroatoms. The monoisotopic (exact) mass is 444 g/mol. The van der Waals surface area contributed by atoms with Crippen molar-refractivity contribution in [2.45, 2.75) is 12.6 Å². The van der Waals surface area contributed by atoms with Gasteiger partial charge in [-0.05, 0) is 42.9 Å². The quantitative estimate of drug-likeness (QED) is 0.510. The van der Waals surface area contributed by atoms with Crippen molar-refractivity contribution in [1.29, 1.82) is 0 Å². The summed E-state index contributed by atoms with van der Waals surface area (Å²) in [6.07, 6.45) is 1.75. The van der Waals surface area contributed by atoms with Crippen LogP contribution in [0.1, 0.15) is 27.8 Å². The van der Waals surface area contributed by atoms with Crippen molar-refractivity contribution in [2.24, 2.45) is 0 Å². The predicted molar refractivity (Wildman–Crippen MR) is 124 cm³/mol. The first-order chi connectivity index (χ1) is 16.1. The maximum absolute atomic E-state index is 13.5. The molecule has 1 saturated heterocycles. The van der Waals surface area contributed by atoms with E-state index in [0.29, 0.717) is 16.9 Å². The van der Waals surface area contributed by atoms with Gasteiger partial charge in [-0.15, -0.1) is 10.2 Å². The Bertz CT molecular complexity index is 1270. The van der Waals surface area contributed by atoms with Gasteiger partial charge in [0.1, 0.15) is 5.82 Å². The summed E-state index contributed by atoms with van der Waals surface area (Å²) >= 11 is 0. The van der Waals surface area contributed by atoms with Gasteiger partial charge in [-0.2, -0.15) is 0 Å². The summed E-state index contributed by atoms with van der Waals surface area (Å²) in [6.45, 7) is 3.57. The Labute approximate surface area is 191 Å². The molecule has 1 amide bonds. The fourth-order valence-corrected chi connectivity index (χ4v) is 4.23. The minimum atomic E-state index is -0.398. The lowest BCUT2D eigenvalue weighted by atomic mass is 10.1. The van der Waals surface area contributed by atoms with E-state index in [-0.39, 0.29) is 11.9 Å². The normalized spacial score (nSPS) is 17.3. The third-order valence-corrected chi connectivity index (χ3v) is 6.05. The first-order valence-corrected chi connectivity index (χ1v) is 10.9. The molecule has 7 nitrogen and oxygen atoms in total. The average Bonchev–Trinajstić information content (AvgIpc) is 3.24. The van der Waals surface area contributed by atoms with Crippen LogP contribution in [0.4, 0.5) is 10.1 Å². The van der Waals surface area contributed by atoms with Crippen molar-refractivity contribution in [3.05, 3.63) is 95.7 Å². The Kier molecular flexibility index (Phi) is 5.85. The standard InChI is InChI=1S/C25H25FN6O/c1-30-12-13-31(15-18-6-3-2-4-7-18)17-22(30)24-29-28-23-11-10-19(16-32(23)24)25(33)27-21-9-5-8-20(26)14-21/h2-11,14,16,22H,12-13,15,17H2,1H3,(H,27,33). The highest BCUT2D eigenvalue weighted by Gasteiger charge is 2.29. The van der Waals surface area contributed by atoms with E-state index in [2.05, 4.69) is 56.6 Å². The number of amides is 1. The average molecular weight is 445 g/mol. The Morgan fingerprint density at radius 2 is 1.91 bits per heavy atom. The van der Waals surface area contributed by atoms with Crippen molar-refractivity contribution >= 4 is 17.2 Å². The van der Waals surface area contributed by atoms with Crippen LogP contribution in [0.5, 0.6) is 0 Å². The Hall–Kier alpha value is -3.62. The van der Waals surface area contributed by atoms with Gasteiger partial charge in [0.25, 0.3) is 5.91 Å². The van der Waals surface area contributed by atoms with E-state index >= 15 is 0 Å². The maximum atomic E-state index is 13.5. The number of likely N-dealkylation sites (N-methyl/N-ethyl adjacent to an activating group) is 1. The number of aromatic nitrogens is 3. The minimum Gasteiger partial charge on any atom is -0.322 e. The molecule has 1 unspecified atom stereocenters. The first-order valence-electron chi connectivity index (χ1n) is 10.9. The number of carbonyl (C=O) groups is 1.